The van der Waals surface area contributed by atoms with Crippen LogP contribution in [0.5, 0.6) is 23.0 Å². The van der Waals surface area contributed by atoms with Crippen LogP contribution in [0.1, 0.15) is 223 Å². The minimum Gasteiger partial charge on any atom is -0.496 e. The molecule has 9 rings (SSSR count). The number of benzene rings is 4. The van der Waals surface area contributed by atoms with Gasteiger partial charge in [0.05, 0.1) is 28.4 Å². The third-order valence-electron chi connectivity index (χ3n) is 17.9. The maximum Gasteiger partial charge on any atom is 0.125 e. The number of hydrogen-bond acceptors (Lipinski definition) is 4. The fourth-order valence-electron chi connectivity index (χ4n) is 13.8. The van der Waals surface area contributed by atoms with Crippen molar-refractivity contribution >= 4 is 0 Å². The minimum atomic E-state index is 0.125. The Kier molecular flexibility index (Phi) is 13.0. The van der Waals surface area contributed by atoms with Gasteiger partial charge in [-0.2, -0.15) is 0 Å². The van der Waals surface area contributed by atoms with Crippen molar-refractivity contribution < 1.29 is 18.9 Å². The van der Waals surface area contributed by atoms with Gasteiger partial charge in [0.2, 0.25) is 0 Å². The van der Waals surface area contributed by atoms with E-state index in [-0.39, 0.29) is 21.7 Å². The molecule has 4 heteroatoms. The summed E-state index contributed by atoms with van der Waals surface area (Å²) >= 11 is 0. The quantitative estimate of drug-likeness (QED) is 0.156. The molecule has 64 heavy (non-hydrogen) atoms. The maximum absolute atomic E-state index is 6.67. The predicted octanol–water partition coefficient (Wildman–Crippen LogP) is 15.3. The molecule has 4 fully saturated rings. The average molecular weight is 865 g/mol. The largest absolute Gasteiger partial charge is 0.496 e. The van der Waals surface area contributed by atoms with E-state index in [0.717, 1.165) is 48.7 Å². The van der Waals surface area contributed by atoms with Crippen molar-refractivity contribution in [1.29, 1.82) is 0 Å². The normalized spacial score (nSPS) is 21.4. The number of rotatable bonds is 8. The van der Waals surface area contributed by atoms with Crippen LogP contribution in [0.15, 0.2) is 48.5 Å². The van der Waals surface area contributed by atoms with E-state index >= 15 is 0 Å². The zero-order chi connectivity index (χ0) is 44.7. The van der Waals surface area contributed by atoms with Crippen molar-refractivity contribution in [2.24, 2.45) is 0 Å². The summed E-state index contributed by atoms with van der Waals surface area (Å²) in [6.45, 7) is 10.1. The van der Waals surface area contributed by atoms with E-state index in [1.54, 1.807) is 0 Å². The first-order chi connectivity index (χ1) is 30.9. The van der Waals surface area contributed by atoms with Crippen LogP contribution in [0.2, 0.25) is 0 Å². The summed E-state index contributed by atoms with van der Waals surface area (Å²) in [5.41, 5.74) is 16.5. The average Bonchev–Trinajstić information content (AvgIpc) is 3.29. The molecule has 5 aliphatic rings. The predicted molar refractivity (Wildman–Crippen MR) is 265 cm³/mol. The summed E-state index contributed by atoms with van der Waals surface area (Å²) in [7, 11) is 7.60. The van der Waals surface area contributed by atoms with Gasteiger partial charge in [0.15, 0.2) is 0 Å². The SMILES string of the molecule is COc1c2cc(C3(C)CCCCC3)cc1Cc1cc(C3(C)CCCCC3)cc(c1OC)Cc1cc(C3(C)CCCCC3)cc(c1OC)Cc1cc(C3(C)CCCCC3)cc(c1OC)C2. The van der Waals surface area contributed by atoms with E-state index in [0.29, 0.717) is 0 Å². The summed E-state index contributed by atoms with van der Waals surface area (Å²) in [5, 5.41) is 0. The molecular formula is C60H80O4. The topological polar surface area (TPSA) is 36.9 Å². The molecule has 0 amide bonds. The summed E-state index contributed by atoms with van der Waals surface area (Å²) < 4.78 is 26.7. The number of ether oxygens (including phenoxy) is 4. The lowest BCUT2D eigenvalue weighted by Gasteiger charge is -2.37. The molecule has 344 valence electrons. The van der Waals surface area contributed by atoms with Crippen molar-refractivity contribution in [1.82, 2.24) is 0 Å². The summed E-state index contributed by atoms with van der Waals surface area (Å²) in [4.78, 5) is 0. The Morgan fingerprint density at radius 3 is 0.562 bits per heavy atom. The van der Waals surface area contributed by atoms with Crippen LogP contribution < -0.4 is 18.9 Å². The fraction of sp³-hybridized carbons (Fsp3) is 0.600. The summed E-state index contributed by atoms with van der Waals surface area (Å²) in [5.74, 6) is 4.07. The molecule has 4 nitrogen and oxygen atoms in total. The number of methoxy groups -OCH3 is 4. The molecule has 0 N–H and O–H groups in total. The number of hydrogen-bond donors (Lipinski definition) is 0. The highest BCUT2D eigenvalue weighted by molar-refractivity contribution is 5.60. The van der Waals surface area contributed by atoms with Crippen LogP contribution in [0.25, 0.3) is 0 Å². The molecule has 0 unspecified atom stereocenters. The zero-order valence-electron chi connectivity index (χ0n) is 41.2. The Hall–Kier alpha value is -3.92. The highest BCUT2D eigenvalue weighted by Gasteiger charge is 2.36. The molecule has 0 radical (unpaired) electrons. The van der Waals surface area contributed by atoms with Gasteiger partial charge in [-0.3, -0.25) is 0 Å². The zero-order valence-corrected chi connectivity index (χ0v) is 41.2. The number of fused-ring (bicyclic) bond motifs is 8. The first-order valence-electron chi connectivity index (χ1n) is 25.7. The molecule has 0 aromatic heterocycles. The van der Waals surface area contributed by atoms with E-state index in [1.807, 2.05) is 28.4 Å². The lowest BCUT2D eigenvalue weighted by molar-refractivity contribution is 0.318. The molecule has 0 saturated heterocycles. The van der Waals surface area contributed by atoms with Gasteiger partial charge < -0.3 is 18.9 Å². The van der Waals surface area contributed by atoms with Gasteiger partial charge in [-0.05, 0) is 140 Å². The van der Waals surface area contributed by atoms with Crippen molar-refractivity contribution in [2.75, 3.05) is 28.4 Å². The minimum absolute atomic E-state index is 0.125. The first-order valence-corrected chi connectivity index (χ1v) is 25.7. The molecule has 4 saturated carbocycles. The van der Waals surface area contributed by atoms with Crippen LogP contribution in [0.3, 0.4) is 0 Å². The third-order valence-corrected chi connectivity index (χ3v) is 17.9. The van der Waals surface area contributed by atoms with E-state index in [4.69, 9.17) is 18.9 Å². The highest BCUT2D eigenvalue weighted by atomic mass is 16.5. The van der Waals surface area contributed by atoms with Gasteiger partial charge in [0.1, 0.15) is 23.0 Å². The molecule has 0 atom stereocenters. The van der Waals surface area contributed by atoms with Crippen LogP contribution in [-0.4, -0.2) is 28.4 Å². The molecule has 0 aliphatic heterocycles. The monoisotopic (exact) mass is 865 g/mol. The Bertz CT molecular complexity index is 1890. The maximum atomic E-state index is 6.67. The smallest absolute Gasteiger partial charge is 0.125 e. The van der Waals surface area contributed by atoms with Crippen molar-refractivity contribution in [3.63, 3.8) is 0 Å². The van der Waals surface area contributed by atoms with Crippen LogP contribution >= 0.6 is 0 Å². The highest BCUT2D eigenvalue weighted by Crippen LogP contribution is 2.49. The lowest BCUT2D eigenvalue weighted by atomic mass is 9.68. The van der Waals surface area contributed by atoms with E-state index in [9.17, 15) is 0 Å². The van der Waals surface area contributed by atoms with Gasteiger partial charge in [0.25, 0.3) is 0 Å². The first kappa shape index (κ1) is 45.2. The van der Waals surface area contributed by atoms with E-state index in [2.05, 4.69) is 76.2 Å². The van der Waals surface area contributed by atoms with E-state index in [1.165, 1.54) is 195 Å². The van der Waals surface area contributed by atoms with Gasteiger partial charge in [-0.25, -0.2) is 0 Å². The summed E-state index contributed by atoms with van der Waals surface area (Å²) in [6, 6.07) is 20.3. The molecule has 8 bridgehead atoms. The Balaban J connectivity index is 1.34. The molecule has 4 aromatic rings. The van der Waals surface area contributed by atoms with Gasteiger partial charge in [-0.1, -0.05) is 153 Å². The van der Waals surface area contributed by atoms with Crippen molar-refractivity contribution in [3.05, 3.63) is 115 Å². The van der Waals surface area contributed by atoms with Crippen molar-refractivity contribution in [2.45, 2.75) is 203 Å². The Morgan fingerprint density at radius 1 is 0.266 bits per heavy atom. The van der Waals surface area contributed by atoms with Crippen LogP contribution in [-0.2, 0) is 47.3 Å². The van der Waals surface area contributed by atoms with E-state index < -0.39 is 0 Å². The molecular weight excluding hydrogens is 785 g/mol. The Morgan fingerprint density at radius 2 is 0.422 bits per heavy atom. The van der Waals surface area contributed by atoms with Gasteiger partial charge in [-0.15, -0.1) is 0 Å². The standard InChI is InChI=1S/C60H80O4/c1-57(21-13-9-14-22-57)49-33-41-29-43-35-50(58(2)23-15-10-16-24-58)37-45(54(43)62-6)31-47-39-52(60(4)27-19-12-20-28-60)40-48(56(47)64-8)32-46-38-51(59(3)25-17-11-18-26-59)36-44(55(46)63-7)30-42(34-49)53(41)61-5/h33-40H,9-32H2,1-8H3. The van der Waals surface area contributed by atoms with Crippen molar-refractivity contribution in [3.8, 4) is 23.0 Å². The third kappa shape index (κ3) is 8.63. The fourth-order valence-corrected chi connectivity index (χ4v) is 13.8. The molecule has 0 heterocycles. The van der Waals surface area contributed by atoms with Crippen LogP contribution in [0, 0.1) is 0 Å². The summed E-state index contributed by atoms with van der Waals surface area (Å²) in [6.07, 6.45) is 28.4. The second-order valence-electron chi connectivity index (χ2n) is 22.5. The Labute approximate surface area is 387 Å². The van der Waals surface area contributed by atoms with Gasteiger partial charge in [0, 0.05) is 25.7 Å². The second-order valence-corrected chi connectivity index (χ2v) is 22.5. The second kappa shape index (κ2) is 18.4. The molecule has 5 aliphatic carbocycles. The molecule has 4 aromatic carbocycles. The van der Waals surface area contributed by atoms with Gasteiger partial charge >= 0.3 is 0 Å². The van der Waals surface area contributed by atoms with Crippen LogP contribution in [0.4, 0.5) is 0 Å². The lowest BCUT2D eigenvalue weighted by Crippen LogP contribution is -2.26. The molecule has 0 spiro atoms.